The standard InChI is InChI=1S/C26H37N5O2/c1-28-12-9-22(10-13-28)29-14-16-30(17-15-29)25(32)19-31(23-4-2-3-5-23)26(33)21-7-6-20-8-11-27-24(20)18-21/h6-8,11,18,22-23,27H,2-5,9-10,12-17,19H2,1H3. The summed E-state index contributed by atoms with van der Waals surface area (Å²) in [7, 11) is 2.19. The van der Waals surface area contributed by atoms with Crippen molar-refractivity contribution >= 4 is 22.7 Å². The maximum Gasteiger partial charge on any atom is 0.254 e. The Morgan fingerprint density at radius 3 is 2.42 bits per heavy atom. The minimum absolute atomic E-state index is 0.0169. The second kappa shape index (κ2) is 9.85. The van der Waals surface area contributed by atoms with E-state index in [0.29, 0.717) is 11.6 Å². The minimum Gasteiger partial charge on any atom is -0.361 e. The summed E-state index contributed by atoms with van der Waals surface area (Å²) in [5, 5.41) is 1.09. The Morgan fingerprint density at radius 2 is 1.70 bits per heavy atom. The van der Waals surface area contributed by atoms with E-state index in [0.717, 1.165) is 75.9 Å². The first-order chi connectivity index (χ1) is 16.1. The van der Waals surface area contributed by atoms with Crippen molar-refractivity contribution in [3.63, 3.8) is 0 Å². The molecule has 3 aliphatic rings. The van der Waals surface area contributed by atoms with Crippen LogP contribution >= 0.6 is 0 Å². The van der Waals surface area contributed by atoms with Gasteiger partial charge in [0.25, 0.3) is 5.91 Å². The molecule has 0 bridgehead atoms. The van der Waals surface area contributed by atoms with Crippen molar-refractivity contribution in [3.8, 4) is 0 Å². The molecule has 1 saturated carbocycles. The molecule has 33 heavy (non-hydrogen) atoms. The number of carbonyl (C=O) groups excluding carboxylic acids is 2. The number of piperidine rings is 1. The second-order valence-corrected chi connectivity index (χ2v) is 10.1. The molecule has 1 N–H and O–H groups in total. The van der Waals surface area contributed by atoms with Crippen LogP contribution in [0.4, 0.5) is 0 Å². The summed E-state index contributed by atoms with van der Waals surface area (Å²) < 4.78 is 0. The first kappa shape index (κ1) is 22.4. The van der Waals surface area contributed by atoms with Crippen LogP contribution < -0.4 is 0 Å². The number of nitrogens with one attached hydrogen (secondary N) is 1. The van der Waals surface area contributed by atoms with E-state index in [1.165, 1.54) is 12.8 Å². The lowest BCUT2D eigenvalue weighted by Gasteiger charge is -2.42. The van der Waals surface area contributed by atoms with E-state index in [2.05, 4.69) is 21.8 Å². The number of rotatable bonds is 5. The SMILES string of the molecule is CN1CCC(N2CCN(C(=O)CN(C(=O)c3ccc4cc[nH]c4c3)C3CCCC3)CC2)CC1. The number of likely N-dealkylation sites (tertiary alicyclic amines) is 1. The van der Waals surface area contributed by atoms with Gasteiger partial charge >= 0.3 is 0 Å². The van der Waals surface area contributed by atoms with Crippen molar-refractivity contribution in [1.82, 2.24) is 24.6 Å². The van der Waals surface area contributed by atoms with Gasteiger partial charge in [0.2, 0.25) is 5.91 Å². The number of nitrogens with zero attached hydrogens (tertiary/aromatic N) is 4. The molecule has 1 aromatic heterocycles. The number of amides is 2. The lowest BCUT2D eigenvalue weighted by molar-refractivity contribution is -0.134. The van der Waals surface area contributed by atoms with Gasteiger partial charge in [-0.25, -0.2) is 0 Å². The topological polar surface area (TPSA) is 62.9 Å². The fourth-order valence-corrected chi connectivity index (χ4v) is 5.87. The smallest absolute Gasteiger partial charge is 0.254 e. The first-order valence-corrected chi connectivity index (χ1v) is 12.7. The molecular weight excluding hydrogens is 414 g/mol. The van der Waals surface area contributed by atoms with Gasteiger partial charge in [0.15, 0.2) is 0 Å². The van der Waals surface area contributed by atoms with Crippen LogP contribution in [0.15, 0.2) is 30.5 Å². The van der Waals surface area contributed by atoms with Crippen molar-refractivity contribution in [2.24, 2.45) is 0 Å². The minimum atomic E-state index is -0.0169. The average Bonchev–Trinajstić information content (AvgIpc) is 3.54. The first-order valence-electron chi connectivity index (χ1n) is 12.7. The van der Waals surface area contributed by atoms with Crippen LogP contribution in [0.2, 0.25) is 0 Å². The summed E-state index contributed by atoms with van der Waals surface area (Å²) in [6.07, 6.45) is 8.59. The van der Waals surface area contributed by atoms with Crippen molar-refractivity contribution in [3.05, 3.63) is 36.0 Å². The van der Waals surface area contributed by atoms with Crippen molar-refractivity contribution in [1.29, 1.82) is 0 Å². The third-order valence-corrected chi connectivity index (χ3v) is 8.01. The Morgan fingerprint density at radius 1 is 0.970 bits per heavy atom. The predicted molar refractivity (Wildman–Crippen MR) is 130 cm³/mol. The Bertz CT molecular complexity index is 966. The molecule has 0 spiro atoms. The molecule has 2 aliphatic heterocycles. The van der Waals surface area contributed by atoms with E-state index >= 15 is 0 Å². The highest BCUT2D eigenvalue weighted by atomic mass is 16.2. The van der Waals surface area contributed by atoms with Crippen molar-refractivity contribution in [2.75, 3.05) is 52.9 Å². The van der Waals surface area contributed by atoms with E-state index in [1.54, 1.807) is 0 Å². The maximum atomic E-state index is 13.5. The highest BCUT2D eigenvalue weighted by molar-refractivity contribution is 5.99. The van der Waals surface area contributed by atoms with Crippen LogP contribution in [-0.2, 0) is 4.79 Å². The molecule has 0 atom stereocenters. The van der Waals surface area contributed by atoms with Gasteiger partial charge in [0.1, 0.15) is 6.54 Å². The largest absolute Gasteiger partial charge is 0.361 e. The molecule has 2 aromatic rings. The number of aromatic nitrogens is 1. The molecule has 2 amide bonds. The Balaban J connectivity index is 1.23. The van der Waals surface area contributed by atoms with E-state index in [4.69, 9.17) is 0 Å². The van der Waals surface area contributed by atoms with Gasteiger partial charge in [-0.1, -0.05) is 18.9 Å². The Hall–Kier alpha value is -2.38. The fraction of sp³-hybridized carbons (Fsp3) is 0.615. The second-order valence-electron chi connectivity index (χ2n) is 10.1. The molecule has 1 aliphatic carbocycles. The summed E-state index contributed by atoms with van der Waals surface area (Å²) in [5.74, 6) is 0.0796. The van der Waals surface area contributed by atoms with Crippen LogP contribution in [0.25, 0.3) is 10.9 Å². The molecule has 7 heteroatoms. The summed E-state index contributed by atoms with van der Waals surface area (Å²) in [4.78, 5) is 38.8. The Labute approximate surface area is 196 Å². The number of H-pyrrole nitrogens is 1. The summed E-state index contributed by atoms with van der Waals surface area (Å²) in [5.41, 5.74) is 1.63. The van der Waals surface area contributed by atoms with Crippen LogP contribution in [0, 0.1) is 0 Å². The van der Waals surface area contributed by atoms with Crippen molar-refractivity contribution < 1.29 is 9.59 Å². The summed E-state index contributed by atoms with van der Waals surface area (Å²) in [6.45, 7) is 5.95. The van der Waals surface area contributed by atoms with Crippen LogP contribution in [0.3, 0.4) is 0 Å². The van der Waals surface area contributed by atoms with E-state index in [1.807, 2.05) is 40.3 Å². The molecule has 2 saturated heterocycles. The van der Waals surface area contributed by atoms with E-state index < -0.39 is 0 Å². The molecule has 1 aromatic carbocycles. The van der Waals surface area contributed by atoms with Gasteiger partial charge in [0, 0.05) is 55.5 Å². The van der Waals surface area contributed by atoms with Gasteiger partial charge in [0.05, 0.1) is 0 Å². The molecule has 3 heterocycles. The third kappa shape index (κ3) is 4.94. The lowest BCUT2D eigenvalue weighted by Crippen LogP contribution is -2.56. The monoisotopic (exact) mass is 451 g/mol. The van der Waals surface area contributed by atoms with E-state index in [-0.39, 0.29) is 24.4 Å². The fourth-order valence-electron chi connectivity index (χ4n) is 5.87. The molecule has 178 valence electrons. The number of fused-ring (bicyclic) bond motifs is 1. The van der Waals surface area contributed by atoms with Gasteiger partial charge in [-0.2, -0.15) is 0 Å². The zero-order chi connectivity index (χ0) is 22.8. The zero-order valence-electron chi connectivity index (χ0n) is 19.8. The van der Waals surface area contributed by atoms with Crippen molar-refractivity contribution in [2.45, 2.75) is 50.6 Å². The lowest BCUT2D eigenvalue weighted by atomic mass is 10.0. The average molecular weight is 452 g/mol. The number of aromatic amines is 1. The third-order valence-electron chi connectivity index (χ3n) is 8.01. The summed E-state index contributed by atoms with van der Waals surface area (Å²) >= 11 is 0. The molecule has 5 rings (SSSR count). The van der Waals surface area contributed by atoms with Gasteiger partial charge in [-0.3, -0.25) is 14.5 Å². The number of benzene rings is 1. The molecule has 7 nitrogen and oxygen atoms in total. The normalized spacial score (nSPS) is 21.7. The van der Waals surface area contributed by atoms with Crippen LogP contribution in [0.1, 0.15) is 48.9 Å². The number of piperazine rings is 1. The maximum absolute atomic E-state index is 13.5. The van der Waals surface area contributed by atoms with Gasteiger partial charge < -0.3 is 19.7 Å². The predicted octanol–water partition coefficient (Wildman–Crippen LogP) is 2.79. The van der Waals surface area contributed by atoms with Crippen LogP contribution in [-0.4, -0.2) is 101 Å². The number of hydrogen-bond donors (Lipinski definition) is 1. The number of hydrogen-bond acceptors (Lipinski definition) is 4. The zero-order valence-corrected chi connectivity index (χ0v) is 19.8. The molecular formula is C26H37N5O2. The molecule has 0 radical (unpaired) electrons. The number of carbonyl (C=O) groups is 2. The quantitative estimate of drug-likeness (QED) is 0.759. The van der Waals surface area contributed by atoms with E-state index in [9.17, 15) is 9.59 Å². The van der Waals surface area contributed by atoms with Crippen LogP contribution in [0.5, 0.6) is 0 Å². The van der Waals surface area contributed by atoms with Gasteiger partial charge in [-0.15, -0.1) is 0 Å². The van der Waals surface area contributed by atoms with Gasteiger partial charge in [-0.05, 0) is 69.4 Å². The molecule has 0 unspecified atom stereocenters. The highest BCUT2D eigenvalue weighted by Crippen LogP contribution is 2.26. The molecule has 3 fully saturated rings. The summed E-state index contributed by atoms with van der Waals surface area (Å²) in [6, 6.07) is 8.62. The Kier molecular flexibility index (Phi) is 6.69. The highest BCUT2D eigenvalue weighted by Gasteiger charge is 2.33.